The molecule has 2 heterocycles. The van der Waals surface area contributed by atoms with E-state index in [1.807, 2.05) is 0 Å². The number of epoxide rings is 1. The molecule has 104 valence electrons. The SMILES string of the molecule is O=C(NC1=CC(=O)C2OC2C1O)C1NCCCC1O. The Balaban J connectivity index is 1.67. The molecule has 1 amide bonds. The van der Waals surface area contributed by atoms with Crippen LogP contribution in [0.3, 0.4) is 0 Å². The predicted molar refractivity (Wildman–Crippen MR) is 62.9 cm³/mol. The highest BCUT2D eigenvalue weighted by Crippen LogP contribution is 2.33. The van der Waals surface area contributed by atoms with Gasteiger partial charge in [0, 0.05) is 6.08 Å². The molecule has 5 atom stereocenters. The van der Waals surface area contributed by atoms with E-state index in [9.17, 15) is 19.8 Å². The first-order chi connectivity index (χ1) is 9.08. The number of aliphatic hydroxyl groups excluding tert-OH is 2. The van der Waals surface area contributed by atoms with Crippen LogP contribution in [0, 0.1) is 0 Å². The first-order valence-corrected chi connectivity index (χ1v) is 6.39. The summed E-state index contributed by atoms with van der Waals surface area (Å²) in [6.45, 7) is 0.656. The van der Waals surface area contributed by atoms with Gasteiger partial charge in [0.15, 0.2) is 5.78 Å². The third kappa shape index (κ3) is 2.30. The van der Waals surface area contributed by atoms with Crippen LogP contribution in [0.25, 0.3) is 0 Å². The van der Waals surface area contributed by atoms with Gasteiger partial charge in [-0.15, -0.1) is 0 Å². The molecule has 3 rings (SSSR count). The maximum Gasteiger partial charge on any atom is 0.244 e. The average molecular weight is 268 g/mol. The van der Waals surface area contributed by atoms with Crippen LogP contribution in [-0.4, -0.2) is 58.9 Å². The van der Waals surface area contributed by atoms with Crippen molar-refractivity contribution in [1.29, 1.82) is 0 Å². The molecule has 2 aliphatic heterocycles. The van der Waals surface area contributed by atoms with Crippen molar-refractivity contribution in [1.82, 2.24) is 10.6 Å². The van der Waals surface area contributed by atoms with E-state index in [0.717, 1.165) is 6.42 Å². The molecule has 1 aliphatic carbocycles. The van der Waals surface area contributed by atoms with Crippen molar-refractivity contribution >= 4 is 11.7 Å². The van der Waals surface area contributed by atoms with Crippen molar-refractivity contribution in [3.8, 4) is 0 Å². The molecular formula is C12H16N2O5. The second-order valence-corrected chi connectivity index (χ2v) is 5.10. The summed E-state index contributed by atoms with van der Waals surface area (Å²) in [5.41, 5.74) is 0.147. The molecule has 0 aromatic heterocycles. The predicted octanol–water partition coefficient (Wildman–Crippen LogP) is -2.19. The van der Waals surface area contributed by atoms with Gasteiger partial charge in [0.05, 0.1) is 11.8 Å². The second-order valence-electron chi connectivity index (χ2n) is 5.10. The van der Waals surface area contributed by atoms with E-state index in [1.165, 1.54) is 6.08 Å². The molecule has 2 saturated heterocycles. The van der Waals surface area contributed by atoms with E-state index in [1.54, 1.807) is 0 Å². The van der Waals surface area contributed by atoms with Crippen LogP contribution < -0.4 is 10.6 Å². The number of carbonyl (C=O) groups excluding carboxylic acids is 2. The maximum atomic E-state index is 12.0. The number of rotatable bonds is 2. The van der Waals surface area contributed by atoms with Crippen LogP contribution in [0.15, 0.2) is 11.8 Å². The Morgan fingerprint density at radius 2 is 2.26 bits per heavy atom. The lowest BCUT2D eigenvalue weighted by atomic mass is 9.98. The molecule has 0 saturated carbocycles. The average Bonchev–Trinajstić information content (AvgIpc) is 3.17. The highest BCUT2D eigenvalue weighted by atomic mass is 16.6. The van der Waals surface area contributed by atoms with Gasteiger partial charge in [-0.25, -0.2) is 0 Å². The summed E-state index contributed by atoms with van der Waals surface area (Å²) in [4.78, 5) is 23.5. The molecule has 0 spiro atoms. The van der Waals surface area contributed by atoms with E-state index in [4.69, 9.17) is 4.74 Å². The first kappa shape index (κ1) is 12.7. The zero-order chi connectivity index (χ0) is 13.6. The minimum absolute atomic E-state index is 0.147. The van der Waals surface area contributed by atoms with E-state index in [2.05, 4.69) is 10.6 Å². The van der Waals surface area contributed by atoms with Gasteiger partial charge >= 0.3 is 0 Å². The number of ketones is 1. The molecule has 0 aromatic rings. The van der Waals surface area contributed by atoms with Gasteiger partial charge in [-0.2, -0.15) is 0 Å². The van der Waals surface area contributed by atoms with Gasteiger partial charge in [0.25, 0.3) is 0 Å². The molecule has 19 heavy (non-hydrogen) atoms. The lowest BCUT2D eigenvalue weighted by molar-refractivity contribution is -0.126. The second kappa shape index (κ2) is 4.68. The standard InChI is InChI=1S/C12H16N2O5/c15-6-2-1-3-13-8(6)12(18)14-5-4-7(16)10-11(19-10)9(5)17/h4,6,8-11,13,15,17H,1-3H2,(H,14,18). The van der Waals surface area contributed by atoms with Crippen LogP contribution in [0.2, 0.25) is 0 Å². The fourth-order valence-electron chi connectivity index (χ4n) is 2.56. The number of amides is 1. The summed E-state index contributed by atoms with van der Waals surface area (Å²) in [6.07, 6.45) is -0.285. The Morgan fingerprint density at radius 3 is 3.00 bits per heavy atom. The normalized spacial score (nSPS) is 41.3. The van der Waals surface area contributed by atoms with Crippen LogP contribution in [0.4, 0.5) is 0 Å². The molecule has 0 aromatic carbocycles. The number of ether oxygens (including phenoxy) is 1. The van der Waals surface area contributed by atoms with Gasteiger partial charge in [-0.3, -0.25) is 9.59 Å². The molecule has 4 N–H and O–H groups in total. The zero-order valence-corrected chi connectivity index (χ0v) is 10.2. The monoisotopic (exact) mass is 268 g/mol. The number of carbonyl (C=O) groups is 2. The number of hydrogen-bond acceptors (Lipinski definition) is 6. The van der Waals surface area contributed by atoms with E-state index < -0.39 is 36.4 Å². The van der Waals surface area contributed by atoms with E-state index in [0.29, 0.717) is 13.0 Å². The third-order valence-corrected chi connectivity index (χ3v) is 3.71. The number of fused-ring (bicyclic) bond motifs is 1. The first-order valence-electron chi connectivity index (χ1n) is 6.39. The summed E-state index contributed by atoms with van der Waals surface area (Å²) >= 11 is 0. The van der Waals surface area contributed by atoms with Gasteiger partial charge in [-0.1, -0.05) is 0 Å². The van der Waals surface area contributed by atoms with Gasteiger partial charge in [0.1, 0.15) is 24.4 Å². The third-order valence-electron chi connectivity index (χ3n) is 3.71. The Labute approximate surface area is 109 Å². The van der Waals surface area contributed by atoms with Crippen molar-refractivity contribution in [3.63, 3.8) is 0 Å². The van der Waals surface area contributed by atoms with E-state index in [-0.39, 0.29) is 11.5 Å². The number of piperidine rings is 1. The molecule has 5 unspecified atom stereocenters. The Morgan fingerprint density at radius 1 is 1.47 bits per heavy atom. The van der Waals surface area contributed by atoms with Gasteiger partial charge in [0.2, 0.25) is 5.91 Å². The molecule has 0 bridgehead atoms. The molecular weight excluding hydrogens is 252 g/mol. The lowest BCUT2D eigenvalue weighted by Gasteiger charge is -2.29. The van der Waals surface area contributed by atoms with Crippen LogP contribution in [0.5, 0.6) is 0 Å². The van der Waals surface area contributed by atoms with Gasteiger partial charge in [-0.05, 0) is 19.4 Å². The number of nitrogens with one attached hydrogen (secondary N) is 2. The minimum Gasteiger partial charge on any atom is -0.391 e. The maximum absolute atomic E-state index is 12.0. The zero-order valence-electron chi connectivity index (χ0n) is 10.2. The Bertz CT molecular complexity index is 449. The highest BCUT2D eigenvalue weighted by Gasteiger charge is 2.53. The summed E-state index contributed by atoms with van der Waals surface area (Å²) in [6, 6.07) is -0.713. The summed E-state index contributed by atoms with van der Waals surface area (Å²) < 4.78 is 5.01. The fraction of sp³-hybridized carbons (Fsp3) is 0.667. The number of aliphatic hydroxyl groups is 2. The van der Waals surface area contributed by atoms with Crippen LogP contribution in [-0.2, 0) is 14.3 Å². The lowest BCUT2D eigenvalue weighted by Crippen LogP contribution is -2.55. The fourth-order valence-corrected chi connectivity index (χ4v) is 2.56. The summed E-state index contributed by atoms with van der Waals surface area (Å²) in [5.74, 6) is -0.688. The van der Waals surface area contributed by atoms with Crippen molar-refractivity contribution < 1.29 is 24.5 Å². The van der Waals surface area contributed by atoms with Crippen molar-refractivity contribution in [2.45, 2.75) is 43.3 Å². The molecule has 7 heteroatoms. The van der Waals surface area contributed by atoms with Gasteiger partial charge < -0.3 is 25.6 Å². The highest BCUT2D eigenvalue weighted by molar-refractivity contribution is 5.99. The topological polar surface area (TPSA) is 111 Å². The molecule has 7 nitrogen and oxygen atoms in total. The smallest absolute Gasteiger partial charge is 0.244 e. The van der Waals surface area contributed by atoms with Crippen molar-refractivity contribution in [2.24, 2.45) is 0 Å². The van der Waals surface area contributed by atoms with Crippen LogP contribution >= 0.6 is 0 Å². The molecule has 3 aliphatic rings. The van der Waals surface area contributed by atoms with Crippen LogP contribution in [0.1, 0.15) is 12.8 Å². The van der Waals surface area contributed by atoms with E-state index >= 15 is 0 Å². The largest absolute Gasteiger partial charge is 0.391 e. The quantitative estimate of drug-likeness (QED) is 0.423. The number of hydrogen-bond donors (Lipinski definition) is 4. The summed E-state index contributed by atoms with van der Waals surface area (Å²) in [7, 11) is 0. The molecule has 0 radical (unpaired) electrons. The Kier molecular flexibility index (Phi) is 3.14. The minimum atomic E-state index is -0.993. The Hall–Kier alpha value is -1.28. The van der Waals surface area contributed by atoms with Crippen molar-refractivity contribution in [3.05, 3.63) is 11.8 Å². The summed E-state index contributed by atoms with van der Waals surface area (Å²) in [5, 5.41) is 25.0. The molecule has 2 fully saturated rings. The van der Waals surface area contributed by atoms with Crippen molar-refractivity contribution in [2.75, 3.05) is 6.54 Å².